The Bertz CT molecular complexity index is 491. The molecule has 0 unspecified atom stereocenters. The van der Waals surface area contributed by atoms with E-state index in [1.165, 1.54) is 6.07 Å². The Hall–Kier alpha value is -1.18. The molecule has 1 N–H and O–H groups in total. The molecule has 1 rings (SSSR count). The Morgan fingerprint density at radius 2 is 1.90 bits per heavy atom. The number of aromatic carboxylic acids is 1. The fourth-order valence-corrected chi connectivity index (χ4v) is 1.80. The van der Waals surface area contributed by atoms with Gasteiger partial charge in [-0.3, -0.25) is 0 Å². The monoisotopic (exact) mass is 332 g/mol. The van der Waals surface area contributed by atoms with Crippen molar-refractivity contribution in [2.45, 2.75) is 6.18 Å². The number of carboxylic acids is 1. The van der Waals surface area contributed by atoms with E-state index in [9.17, 15) is 18.0 Å². The number of benzene rings is 1. The highest BCUT2D eigenvalue weighted by molar-refractivity contribution is 6.36. The van der Waals surface area contributed by atoms with Gasteiger partial charge in [-0.15, -0.1) is 0 Å². The van der Waals surface area contributed by atoms with Gasteiger partial charge in [0.15, 0.2) is 5.75 Å². The molecule has 0 bridgehead atoms. The zero-order valence-electron chi connectivity index (χ0n) is 9.84. The third kappa shape index (κ3) is 5.44. The zero-order valence-corrected chi connectivity index (χ0v) is 11.3. The van der Waals surface area contributed by atoms with Crippen LogP contribution in [0.15, 0.2) is 12.1 Å². The molecule has 20 heavy (non-hydrogen) atoms. The van der Waals surface area contributed by atoms with E-state index < -0.39 is 18.8 Å². The van der Waals surface area contributed by atoms with Crippen LogP contribution in [0.25, 0.3) is 0 Å². The van der Waals surface area contributed by atoms with E-state index in [0.29, 0.717) is 0 Å². The van der Waals surface area contributed by atoms with Gasteiger partial charge >= 0.3 is 12.1 Å². The Labute approximate surface area is 122 Å². The van der Waals surface area contributed by atoms with Crippen molar-refractivity contribution in [1.82, 2.24) is 0 Å². The quantitative estimate of drug-likeness (QED) is 0.808. The Kier molecular flexibility index (Phi) is 5.91. The average Bonchev–Trinajstić information content (AvgIpc) is 2.28. The predicted octanol–water partition coefficient (Wildman–Crippen LogP) is 3.65. The number of rotatable bonds is 6. The van der Waals surface area contributed by atoms with Gasteiger partial charge in [-0.05, 0) is 12.1 Å². The molecule has 4 nitrogen and oxygen atoms in total. The Morgan fingerprint density at radius 3 is 2.45 bits per heavy atom. The fraction of sp³-hybridized carbons (Fsp3) is 0.364. The van der Waals surface area contributed by atoms with Crippen molar-refractivity contribution in [3.8, 4) is 5.75 Å². The van der Waals surface area contributed by atoms with Gasteiger partial charge in [0.05, 0.1) is 11.6 Å². The summed E-state index contributed by atoms with van der Waals surface area (Å²) in [6, 6.07) is 2.39. The van der Waals surface area contributed by atoms with Crippen molar-refractivity contribution in [3.05, 3.63) is 27.7 Å². The van der Waals surface area contributed by atoms with E-state index in [0.717, 1.165) is 6.07 Å². The average molecular weight is 333 g/mol. The smallest absolute Gasteiger partial charge is 0.411 e. The molecule has 112 valence electrons. The molecule has 0 aromatic heterocycles. The van der Waals surface area contributed by atoms with Crippen LogP contribution in [0.2, 0.25) is 10.0 Å². The molecule has 1 aromatic carbocycles. The number of ether oxygens (including phenoxy) is 2. The number of alkyl halides is 3. The Balaban J connectivity index is 2.62. The van der Waals surface area contributed by atoms with Gasteiger partial charge in [-0.2, -0.15) is 13.2 Å². The standard InChI is InChI=1S/C11H9Cl2F3O4/c12-6-3-7(10(17)18)9(8(13)4-6)20-2-1-19-5-11(14,15)16/h3-4H,1-2,5H2,(H,17,18). The van der Waals surface area contributed by atoms with E-state index in [1.54, 1.807) is 0 Å². The van der Waals surface area contributed by atoms with Crippen LogP contribution in [0.1, 0.15) is 10.4 Å². The molecule has 0 amide bonds. The molecule has 0 aliphatic carbocycles. The van der Waals surface area contributed by atoms with Crippen molar-refractivity contribution >= 4 is 29.2 Å². The maximum atomic E-state index is 11.8. The first-order chi connectivity index (χ1) is 9.20. The van der Waals surface area contributed by atoms with Crippen LogP contribution >= 0.6 is 23.2 Å². The normalized spacial score (nSPS) is 11.4. The first-order valence-corrected chi connectivity index (χ1v) is 5.96. The summed E-state index contributed by atoms with van der Waals surface area (Å²) in [4.78, 5) is 11.0. The molecule has 0 saturated carbocycles. The van der Waals surface area contributed by atoms with Crippen molar-refractivity contribution in [3.63, 3.8) is 0 Å². The molecular formula is C11H9Cl2F3O4. The summed E-state index contributed by atoms with van der Waals surface area (Å²) in [6.07, 6.45) is -4.43. The largest absolute Gasteiger partial charge is 0.489 e. The van der Waals surface area contributed by atoms with E-state index in [1.807, 2.05) is 0 Å². The highest BCUT2D eigenvalue weighted by Gasteiger charge is 2.27. The highest BCUT2D eigenvalue weighted by atomic mass is 35.5. The Morgan fingerprint density at radius 1 is 1.25 bits per heavy atom. The van der Waals surface area contributed by atoms with Crippen LogP contribution in [0.4, 0.5) is 13.2 Å². The van der Waals surface area contributed by atoms with Gasteiger partial charge in [0.1, 0.15) is 18.8 Å². The summed E-state index contributed by atoms with van der Waals surface area (Å²) in [6.45, 7) is -2.05. The third-order valence-electron chi connectivity index (χ3n) is 1.98. The molecule has 0 radical (unpaired) electrons. The lowest BCUT2D eigenvalue weighted by molar-refractivity contribution is -0.175. The fourth-order valence-electron chi connectivity index (χ4n) is 1.26. The van der Waals surface area contributed by atoms with Gasteiger partial charge in [0.2, 0.25) is 0 Å². The van der Waals surface area contributed by atoms with Gasteiger partial charge in [0, 0.05) is 5.02 Å². The van der Waals surface area contributed by atoms with Crippen LogP contribution in [0.3, 0.4) is 0 Å². The maximum Gasteiger partial charge on any atom is 0.411 e. The summed E-state index contributed by atoms with van der Waals surface area (Å²) >= 11 is 11.4. The molecule has 0 saturated heterocycles. The molecule has 0 fully saturated rings. The first kappa shape index (κ1) is 16.9. The second-order valence-corrected chi connectivity index (χ2v) is 4.43. The minimum absolute atomic E-state index is 0.0503. The molecule has 0 atom stereocenters. The SMILES string of the molecule is O=C(O)c1cc(Cl)cc(Cl)c1OCCOCC(F)(F)F. The van der Waals surface area contributed by atoms with Crippen molar-refractivity contribution < 1.29 is 32.5 Å². The van der Waals surface area contributed by atoms with Crippen molar-refractivity contribution in [1.29, 1.82) is 0 Å². The molecular weight excluding hydrogens is 324 g/mol. The minimum Gasteiger partial charge on any atom is -0.489 e. The second kappa shape index (κ2) is 7.01. The summed E-state index contributed by atoms with van der Waals surface area (Å²) in [5.74, 6) is -1.49. The molecule has 0 aliphatic rings. The lowest BCUT2D eigenvalue weighted by Gasteiger charge is -2.12. The maximum absolute atomic E-state index is 11.8. The van der Waals surface area contributed by atoms with E-state index in [-0.39, 0.29) is 34.6 Å². The van der Waals surface area contributed by atoms with Gasteiger partial charge in [0.25, 0.3) is 0 Å². The van der Waals surface area contributed by atoms with Crippen LogP contribution in [-0.2, 0) is 4.74 Å². The number of carboxylic acid groups (broad SMARTS) is 1. The topological polar surface area (TPSA) is 55.8 Å². The van der Waals surface area contributed by atoms with Crippen molar-refractivity contribution in [2.75, 3.05) is 19.8 Å². The van der Waals surface area contributed by atoms with Crippen LogP contribution in [-0.4, -0.2) is 37.1 Å². The van der Waals surface area contributed by atoms with Gasteiger partial charge in [-0.25, -0.2) is 4.79 Å². The summed E-state index contributed by atoms with van der Waals surface area (Å²) in [5.41, 5.74) is -0.279. The zero-order chi connectivity index (χ0) is 15.3. The molecule has 0 heterocycles. The van der Waals surface area contributed by atoms with Crippen LogP contribution < -0.4 is 4.74 Å². The number of carbonyl (C=O) groups is 1. The molecule has 1 aromatic rings. The lowest BCUT2D eigenvalue weighted by Crippen LogP contribution is -2.19. The van der Waals surface area contributed by atoms with Gasteiger partial charge in [-0.1, -0.05) is 23.2 Å². The number of hydrogen-bond donors (Lipinski definition) is 1. The van der Waals surface area contributed by atoms with Gasteiger partial charge < -0.3 is 14.6 Å². The van der Waals surface area contributed by atoms with E-state index in [4.69, 9.17) is 33.0 Å². The molecule has 0 spiro atoms. The highest BCUT2D eigenvalue weighted by Crippen LogP contribution is 2.32. The minimum atomic E-state index is -4.43. The van der Waals surface area contributed by atoms with Crippen molar-refractivity contribution in [2.24, 2.45) is 0 Å². The summed E-state index contributed by atoms with van der Waals surface area (Å²) in [5, 5.41) is 9.00. The van der Waals surface area contributed by atoms with E-state index in [2.05, 4.69) is 4.74 Å². The third-order valence-corrected chi connectivity index (χ3v) is 2.48. The number of halogens is 5. The summed E-state index contributed by atoms with van der Waals surface area (Å²) < 4.78 is 44.8. The van der Waals surface area contributed by atoms with Crippen LogP contribution in [0.5, 0.6) is 5.75 Å². The summed E-state index contributed by atoms with van der Waals surface area (Å²) in [7, 11) is 0. The molecule has 0 aliphatic heterocycles. The molecule has 9 heteroatoms. The number of hydrogen-bond acceptors (Lipinski definition) is 3. The predicted molar refractivity (Wildman–Crippen MR) is 65.8 cm³/mol. The van der Waals surface area contributed by atoms with Crippen LogP contribution in [0, 0.1) is 0 Å². The first-order valence-electron chi connectivity index (χ1n) is 5.20. The second-order valence-electron chi connectivity index (χ2n) is 3.59. The van der Waals surface area contributed by atoms with E-state index >= 15 is 0 Å². The lowest BCUT2D eigenvalue weighted by atomic mass is 10.2.